The average molecular weight is 222 g/mol. The minimum absolute atomic E-state index is 0.391. The second kappa shape index (κ2) is 5.85. The first-order valence-electron chi connectivity index (χ1n) is 6.04. The molecule has 1 heterocycles. The van der Waals surface area contributed by atoms with Crippen molar-refractivity contribution in [1.82, 2.24) is 4.98 Å². The van der Waals surface area contributed by atoms with Gasteiger partial charge >= 0.3 is 0 Å². The van der Waals surface area contributed by atoms with Gasteiger partial charge in [0, 0.05) is 24.3 Å². The number of rotatable bonds is 5. The zero-order valence-corrected chi connectivity index (χ0v) is 10.7. The summed E-state index contributed by atoms with van der Waals surface area (Å²) in [5, 5.41) is 9.80. The fourth-order valence-corrected chi connectivity index (χ4v) is 1.85. The predicted molar refractivity (Wildman–Crippen MR) is 67.8 cm³/mol. The third kappa shape index (κ3) is 2.73. The van der Waals surface area contributed by atoms with Crippen molar-refractivity contribution in [3.8, 4) is 0 Å². The van der Waals surface area contributed by atoms with Crippen LogP contribution >= 0.6 is 0 Å². The maximum atomic E-state index is 9.80. The molecular formula is C13H22N2O. The fourth-order valence-electron chi connectivity index (χ4n) is 1.85. The number of anilines is 1. The van der Waals surface area contributed by atoms with Gasteiger partial charge in [0.2, 0.25) is 0 Å². The lowest BCUT2D eigenvalue weighted by molar-refractivity contribution is 0.172. The standard InChI is InChI=1S/C13H22N2O/c1-5-12(16)11-8-9-13(14-10(11)4)15(6-2)7-3/h8-9,12,16H,5-7H2,1-4H3/t12-/m1/s1. The Hall–Kier alpha value is -1.09. The molecule has 90 valence electrons. The van der Waals surface area contributed by atoms with E-state index in [0.717, 1.165) is 36.6 Å². The molecule has 1 atom stereocenters. The molecular weight excluding hydrogens is 200 g/mol. The van der Waals surface area contributed by atoms with Crippen LogP contribution < -0.4 is 4.90 Å². The van der Waals surface area contributed by atoms with Gasteiger partial charge in [-0.05, 0) is 33.3 Å². The predicted octanol–water partition coefficient (Wildman–Crippen LogP) is 2.68. The van der Waals surface area contributed by atoms with Gasteiger partial charge in [0.25, 0.3) is 0 Å². The molecule has 1 N–H and O–H groups in total. The number of aliphatic hydroxyl groups excluding tert-OH is 1. The van der Waals surface area contributed by atoms with Gasteiger partial charge in [0.1, 0.15) is 5.82 Å². The van der Waals surface area contributed by atoms with E-state index in [2.05, 4.69) is 23.7 Å². The molecule has 1 aromatic heterocycles. The van der Waals surface area contributed by atoms with Gasteiger partial charge in [-0.15, -0.1) is 0 Å². The molecule has 1 aromatic rings. The molecule has 0 aliphatic heterocycles. The summed E-state index contributed by atoms with van der Waals surface area (Å²) >= 11 is 0. The number of hydrogen-bond acceptors (Lipinski definition) is 3. The molecule has 0 spiro atoms. The first kappa shape index (κ1) is 13.0. The molecule has 16 heavy (non-hydrogen) atoms. The second-order valence-corrected chi connectivity index (χ2v) is 3.94. The summed E-state index contributed by atoms with van der Waals surface area (Å²) in [6.07, 6.45) is 0.339. The van der Waals surface area contributed by atoms with Crippen LogP contribution in [0.1, 0.15) is 44.6 Å². The van der Waals surface area contributed by atoms with E-state index < -0.39 is 6.10 Å². The third-order valence-electron chi connectivity index (χ3n) is 2.95. The van der Waals surface area contributed by atoms with Crippen LogP contribution in [0, 0.1) is 6.92 Å². The van der Waals surface area contributed by atoms with E-state index in [9.17, 15) is 5.11 Å². The number of nitrogens with zero attached hydrogens (tertiary/aromatic N) is 2. The molecule has 0 saturated carbocycles. The van der Waals surface area contributed by atoms with Gasteiger partial charge in [-0.2, -0.15) is 0 Å². The van der Waals surface area contributed by atoms with Crippen molar-refractivity contribution in [3.63, 3.8) is 0 Å². The highest BCUT2D eigenvalue weighted by molar-refractivity contribution is 5.41. The Morgan fingerprint density at radius 2 is 1.88 bits per heavy atom. The van der Waals surface area contributed by atoms with Crippen LogP contribution in [0.5, 0.6) is 0 Å². The van der Waals surface area contributed by atoms with Gasteiger partial charge in [-0.25, -0.2) is 4.98 Å². The molecule has 3 heteroatoms. The topological polar surface area (TPSA) is 36.4 Å². The summed E-state index contributed by atoms with van der Waals surface area (Å²) in [7, 11) is 0. The van der Waals surface area contributed by atoms with E-state index in [-0.39, 0.29) is 0 Å². The van der Waals surface area contributed by atoms with Crippen LogP contribution in [0.4, 0.5) is 5.82 Å². The van der Waals surface area contributed by atoms with Crippen LogP contribution in [0.25, 0.3) is 0 Å². The van der Waals surface area contributed by atoms with E-state index in [1.807, 2.05) is 26.0 Å². The number of aliphatic hydroxyl groups is 1. The third-order valence-corrected chi connectivity index (χ3v) is 2.95. The van der Waals surface area contributed by atoms with E-state index in [1.54, 1.807) is 0 Å². The number of pyridine rings is 1. The first-order valence-corrected chi connectivity index (χ1v) is 6.04. The van der Waals surface area contributed by atoms with E-state index in [0.29, 0.717) is 0 Å². The summed E-state index contributed by atoms with van der Waals surface area (Å²) in [6, 6.07) is 3.98. The van der Waals surface area contributed by atoms with Crippen LogP contribution in [0.3, 0.4) is 0 Å². The van der Waals surface area contributed by atoms with Crippen molar-refractivity contribution in [3.05, 3.63) is 23.4 Å². The summed E-state index contributed by atoms with van der Waals surface area (Å²) in [5.74, 6) is 0.995. The largest absolute Gasteiger partial charge is 0.388 e. The normalized spacial score (nSPS) is 12.6. The van der Waals surface area contributed by atoms with Gasteiger partial charge in [0.05, 0.1) is 6.10 Å². The molecule has 0 aliphatic carbocycles. The maximum Gasteiger partial charge on any atom is 0.128 e. The smallest absolute Gasteiger partial charge is 0.128 e. The number of aryl methyl sites for hydroxylation is 1. The zero-order chi connectivity index (χ0) is 12.1. The summed E-state index contributed by atoms with van der Waals surface area (Å²) < 4.78 is 0. The van der Waals surface area contributed by atoms with Gasteiger partial charge in [-0.3, -0.25) is 0 Å². The number of aromatic nitrogens is 1. The van der Waals surface area contributed by atoms with Gasteiger partial charge < -0.3 is 10.0 Å². The molecule has 0 saturated heterocycles. The van der Waals surface area contributed by atoms with Crippen LogP contribution in [0.2, 0.25) is 0 Å². The summed E-state index contributed by atoms with van der Waals surface area (Å²) in [6.45, 7) is 10.1. The minimum Gasteiger partial charge on any atom is -0.388 e. The van der Waals surface area contributed by atoms with Crippen molar-refractivity contribution in [2.24, 2.45) is 0 Å². The lowest BCUT2D eigenvalue weighted by Gasteiger charge is -2.21. The van der Waals surface area contributed by atoms with Crippen molar-refractivity contribution in [2.45, 2.75) is 40.2 Å². The lowest BCUT2D eigenvalue weighted by Crippen LogP contribution is -2.23. The second-order valence-electron chi connectivity index (χ2n) is 3.94. The highest BCUT2D eigenvalue weighted by Crippen LogP contribution is 2.22. The summed E-state index contributed by atoms with van der Waals surface area (Å²) in [5.41, 5.74) is 1.87. The Labute approximate surface area is 98.1 Å². The fraction of sp³-hybridized carbons (Fsp3) is 0.615. The van der Waals surface area contributed by atoms with Crippen LogP contribution in [0.15, 0.2) is 12.1 Å². The van der Waals surface area contributed by atoms with Crippen LogP contribution in [-0.4, -0.2) is 23.2 Å². The Morgan fingerprint density at radius 1 is 1.25 bits per heavy atom. The Morgan fingerprint density at radius 3 is 2.31 bits per heavy atom. The molecule has 1 rings (SSSR count). The molecule has 0 aromatic carbocycles. The van der Waals surface area contributed by atoms with Crippen molar-refractivity contribution in [1.29, 1.82) is 0 Å². The molecule has 0 bridgehead atoms. The number of hydrogen-bond donors (Lipinski definition) is 1. The maximum absolute atomic E-state index is 9.80. The van der Waals surface area contributed by atoms with E-state index in [4.69, 9.17) is 0 Å². The highest BCUT2D eigenvalue weighted by Gasteiger charge is 2.11. The Kier molecular flexibility index (Phi) is 4.74. The SMILES string of the molecule is CC[C@@H](O)c1ccc(N(CC)CC)nc1C. The first-order chi connectivity index (χ1) is 7.63. The van der Waals surface area contributed by atoms with E-state index in [1.165, 1.54) is 0 Å². The highest BCUT2D eigenvalue weighted by atomic mass is 16.3. The minimum atomic E-state index is -0.391. The molecule has 0 aliphatic rings. The van der Waals surface area contributed by atoms with Crippen molar-refractivity contribution < 1.29 is 5.11 Å². The zero-order valence-electron chi connectivity index (χ0n) is 10.7. The molecule has 0 fully saturated rings. The van der Waals surface area contributed by atoms with Gasteiger partial charge in [0.15, 0.2) is 0 Å². The molecule has 3 nitrogen and oxygen atoms in total. The molecule has 0 unspecified atom stereocenters. The average Bonchev–Trinajstić information content (AvgIpc) is 2.30. The Balaban J connectivity index is 2.98. The molecule has 0 amide bonds. The quantitative estimate of drug-likeness (QED) is 0.832. The van der Waals surface area contributed by atoms with E-state index >= 15 is 0 Å². The van der Waals surface area contributed by atoms with Crippen LogP contribution in [-0.2, 0) is 0 Å². The Bertz CT molecular complexity index is 335. The lowest BCUT2D eigenvalue weighted by atomic mass is 10.1. The monoisotopic (exact) mass is 222 g/mol. The summed E-state index contributed by atoms with van der Waals surface area (Å²) in [4.78, 5) is 6.75. The van der Waals surface area contributed by atoms with Crippen molar-refractivity contribution >= 4 is 5.82 Å². The van der Waals surface area contributed by atoms with Crippen molar-refractivity contribution in [2.75, 3.05) is 18.0 Å². The van der Waals surface area contributed by atoms with Gasteiger partial charge in [-0.1, -0.05) is 13.0 Å². The molecule has 0 radical (unpaired) electrons.